The Balaban J connectivity index is 1.59. The highest BCUT2D eigenvalue weighted by Crippen LogP contribution is 2.23. The number of aromatic carboxylic acids is 1. The van der Waals surface area contributed by atoms with E-state index < -0.39 is 5.97 Å². The first-order chi connectivity index (χ1) is 13.4. The maximum absolute atomic E-state index is 11.1. The third-order valence-electron chi connectivity index (χ3n) is 4.30. The molecule has 0 radical (unpaired) electrons. The lowest BCUT2D eigenvalue weighted by Crippen LogP contribution is -2.04. The van der Waals surface area contributed by atoms with Gasteiger partial charge in [-0.15, -0.1) is 0 Å². The maximum atomic E-state index is 11.1. The van der Waals surface area contributed by atoms with Crippen LogP contribution in [0.25, 0.3) is 0 Å². The van der Waals surface area contributed by atoms with Gasteiger partial charge in [-0.3, -0.25) is 0 Å². The molecule has 2 N–H and O–H groups in total. The van der Waals surface area contributed by atoms with Gasteiger partial charge in [0.05, 0.1) is 5.56 Å². The molecule has 0 unspecified atom stereocenters. The number of benzene rings is 3. The minimum Gasteiger partial charge on any atom is -0.489 e. The first-order valence-corrected chi connectivity index (χ1v) is 9.41. The Kier molecular flexibility index (Phi) is 6.45. The number of anilines is 1. The quantitative estimate of drug-likeness (QED) is 0.482. The van der Waals surface area contributed by atoms with Crippen molar-refractivity contribution >= 4 is 34.9 Å². The fourth-order valence-corrected chi connectivity index (χ4v) is 3.11. The molecule has 0 aliphatic rings. The molecule has 0 amide bonds. The highest BCUT2D eigenvalue weighted by molar-refractivity contribution is 6.35. The first-order valence-electron chi connectivity index (χ1n) is 8.66. The van der Waals surface area contributed by atoms with Crippen molar-refractivity contribution in [2.24, 2.45) is 0 Å². The van der Waals surface area contributed by atoms with Crippen LogP contribution in [0.15, 0.2) is 60.7 Å². The minimum absolute atomic E-state index is 0.262. The molecule has 3 aromatic rings. The molecule has 6 heteroatoms. The summed E-state index contributed by atoms with van der Waals surface area (Å²) in [6.45, 7) is 2.87. The van der Waals surface area contributed by atoms with Gasteiger partial charge in [0.25, 0.3) is 0 Å². The number of carboxylic acids is 1. The summed E-state index contributed by atoms with van der Waals surface area (Å²) < 4.78 is 5.78. The van der Waals surface area contributed by atoms with Gasteiger partial charge in [0.1, 0.15) is 12.4 Å². The van der Waals surface area contributed by atoms with Gasteiger partial charge in [-0.05, 0) is 54.4 Å². The van der Waals surface area contributed by atoms with Gasteiger partial charge >= 0.3 is 5.97 Å². The Bertz CT molecular complexity index is 988. The molecule has 0 heterocycles. The second kappa shape index (κ2) is 9.00. The van der Waals surface area contributed by atoms with Gasteiger partial charge in [0, 0.05) is 27.8 Å². The number of rotatable bonds is 7. The van der Waals surface area contributed by atoms with Crippen molar-refractivity contribution in [1.82, 2.24) is 0 Å². The van der Waals surface area contributed by atoms with E-state index in [1.807, 2.05) is 37.3 Å². The molecule has 28 heavy (non-hydrogen) atoms. The molecule has 144 valence electrons. The number of hydrogen-bond donors (Lipinski definition) is 2. The van der Waals surface area contributed by atoms with Crippen LogP contribution in [0.3, 0.4) is 0 Å². The van der Waals surface area contributed by atoms with E-state index in [0.717, 1.165) is 28.1 Å². The van der Waals surface area contributed by atoms with Gasteiger partial charge in [-0.2, -0.15) is 0 Å². The Morgan fingerprint density at radius 3 is 2.46 bits per heavy atom. The first kappa shape index (κ1) is 20.1. The van der Waals surface area contributed by atoms with Crippen LogP contribution in [-0.2, 0) is 13.2 Å². The van der Waals surface area contributed by atoms with Crippen molar-refractivity contribution in [2.75, 3.05) is 5.32 Å². The topological polar surface area (TPSA) is 58.6 Å². The van der Waals surface area contributed by atoms with Crippen molar-refractivity contribution in [3.8, 4) is 5.75 Å². The highest BCUT2D eigenvalue weighted by atomic mass is 35.5. The van der Waals surface area contributed by atoms with Crippen LogP contribution >= 0.6 is 23.2 Å². The zero-order valence-electron chi connectivity index (χ0n) is 15.2. The molecule has 3 rings (SSSR count). The largest absolute Gasteiger partial charge is 0.489 e. The van der Waals surface area contributed by atoms with E-state index in [1.165, 1.54) is 0 Å². The molecule has 4 nitrogen and oxygen atoms in total. The van der Waals surface area contributed by atoms with E-state index in [-0.39, 0.29) is 5.56 Å². The predicted octanol–water partition coefficient (Wildman–Crippen LogP) is 6.19. The molecule has 0 aliphatic carbocycles. The Morgan fingerprint density at radius 2 is 1.79 bits per heavy atom. The lowest BCUT2D eigenvalue weighted by Gasteiger charge is -2.12. The van der Waals surface area contributed by atoms with E-state index in [0.29, 0.717) is 23.2 Å². The maximum Gasteiger partial charge on any atom is 0.335 e. The van der Waals surface area contributed by atoms with Crippen molar-refractivity contribution in [1.29, 1.82) is 0 Å². The monoisotopic (exact) mass is 415 g/mol. The molecular weight excluding hydrogens is 397 g/mol. The zero-order chi connectivity index (χ0) is 20.1. The highest BCUT2D eigenvalue weighted by Gasteiger charge is 2.06. The average Bonchev–Trinajstić information content (AvgIpc) is 2.67. The number of carbonyl (C=O) groups is 1. The van der Waals surface area contributed by atoms with Crippen molar-refractivity contribution in [2.45, 2.75) is 20.1 Å². The molecule has 0 saturated carbocycles. The summed E-state index contributed by atoms with van der Waals surface area (Å²) in [5.41, 5.74) is 3.97. The molecular formula is C22H19Cl2NO3. The summed E-state index contributed by atoms with van der Waals surface area (Å²) in [4.78, 5) is 11.1. The summed E-state index contributed by atoms with van der Waals surface area (Å²) >= 11 is 12.1. The Labute approximate surface area is 173 Å². The van der Waals surface area contributed by atoms with Crippen LogP contribution < -0.4 is 10.1 Å². The van der Waals surface area contributed by atoms with Crippen LogP contribution in [0.5, 0.6) is 5.75 Å². The summed E-state index contributed by atoms with van der Waals surface area (Å²) in [5, 5.41) is 13.6. The summed E-state index contributed by atoms with van der Waals surface area (Å²) in [7, 11) is 0. The van der Waals surface area contributed by atoms with Gasteiger partial charge in [-0.25, -0.2) is 4.79 Å². The third-order valence-corrected chi connectivity index (χ3v) is 4.89. The number of aryl methyl sites for hydroxylation is 1. The van der Waals surface area contributed by atoms with Crippen LogP contribution in [0.1, 0.15) is 27.0 Å². The molecule has 0 fully saturated rings. The molecule has 0 bridgehead atoms. The van der Waals surface area contributed by atoms with Gasteiger partial charge in [0.2, 0.25) is 0 Å². The predicted molar refractivity (Wildman–Crippen MR) is 113 cm³/mol. The lowest BCUT2D eigenvalue weighted by atomic mass is 10.1. The average molecular weight is 416 g/mol. The number of ether oxygens (including phenoxy) is 1. The van der Waals surface area contributed by atoms with E-state index in [9.17, 15) is 4.79 Å². The van der Waals surface area contributed by atoms with Crippen molar-refractivity contribution < 1.29 is 14.6 Å². The Hall–Kier alpha value is -2.69. The fraction of sp³-hybridized carbons (Fsp3) is 0.136. The zero-order valence-corrected chi connectivity index (χ0v) is 16.7. The fourth-order valence-electron chi connectivity index (χ4n) is 2.65. The minimum atomic E-state index is -0.939. The number of carboxylic acid groups (broad SMARTS) is 1. The Morgan fingerprint density at radius 1 is 1.04 bits per heavy atom. The molecule has 0 saturated heterocycles. The standard InChI is InChI=1S/C22H19Cl2NO3/c1-14-2-5-16(22(26)27)10-21(14)25-12-15-3-8-19(9-4-15)28-13-17-6-7-18(23)11-20(17)24/h2-11,25H,12-13H2,1H3,(H,26,27). The van der Waals surface area contributed by atoms with Crippen LogP contribution in [0.4, 0.5) is 5.69 Å². The molecule has 3 aromatic carbocycles. The van der Waals surface area contributed by atoms with Gasteiger partial charge in [-0.1, -0.05) is 47.5 Å². The van der Waals surface area contributed by atoms with Crippen molar-refractivity contribution in [3.05, 3.63) is 93.0 Å². The number of halogens is 2. The second-order valence-corrected chi connectivity index (χ2v) is 7.20. The van der Waals surface area contributed by atoms with E-state index in [2.05, 4.69) is 5.32 Å². The lowest BCUT2D eigenvalue weighted by molar-refractivity contribution is 0.0697. The number of nitrogens with one attached hydrogen (secondary N) is 1. The summed E-state index contributed by atoms with van der Waals surface area (Å²) in [6.07, 6.45) is 0. The van der Waals surface area contributed by atoms with E-state index >= 15 is 0 Å². The van der Waals surface area contributed by atoms with E-state index in [1.54, 1.807) is 30.3 Å². The second-order valence-electron chi connectivity index (χ2n) is 6.36. The van der Waals surface area contributed by atoms with Crippen LogP contribution in [0.2, 0.25) is 10.0 Å². The summed E-state index contributed by atoms with van der Waals surface area (Å²) in [5.74, 6) is -0.204. The smallest absolute Gasteiger partial charge is 0.335 e. The normalized spacial score (nSPS) is 10.5. The number of hydrogen-bond acceptors (Lipinski definition) is 3. The van der Waals surface area contributed by atoms with E-state index in [4.69, 9.17) is 33.0 Å². The van der Waals surface area contributed by atoms with Gasteiger partial charge < -0.3 is 15.2 Å². The molecule has 0 aromatic heterocycles. The van der Waals surface area contributed by atoms with Gasteiger partial charge in [0.15, 0.2) is 0 Å². The molecule has 0 aliphatic heterocycles. The SMILES string of the molecule is Cc1ccc(C(=O)O)cc1NCc1ccc(OCc2ccc(Cl)cc2Cl)cc1. The van der Waals surface area contributed by atoms with Crippen LogP contribution in [0, 0.1) is 6.92 Å². The molecule has 0 atom stereocenters. The third kappa shape index (κ3) is 5.18. The van der Waals surface area contributed by atoms with Crippen LogP contribution in [-0.4, -0.2) is 11.1 Å². The molecule has 0 spiro atoms. The summed E-state index contributed by atoms with van der Waals surface area (Å²) in [6, 6.07) is 18.1. The van der Waals surface area contributed by atoms with Crippen molar-refractivity contribution in [3.63, 3.8) is 0 Å².